The summed E-state index contributed by atoms with van der Waals surface area (Å²) in [5.41, 5.74) is 7.90. The van der Waals surface area contributed by atoms with Crippen LogP contribution in [0.2, 0.25) is 0 Å². The third kappa shape index (κ3) is 3.68. The van der Waals surface area contributed by atoms with Crippen molar-refractivity contribution in [2.24, 2.45) is 0 Å². The van der Waals surface area contributed by atoms with Gasteiger partial charge in [-0.2, -0.15) is 0 Å². The van der Waals surface area contributed by atoms with Gasteiger partial charge in [0, 0.05) is 23.1 Å². The molecule has 28 heavy (non-hydrogen) atoms. The van der Waals surface area contributed by atoms with E-state index in [1.54, 1.807) is 0 Å². The molecule has 3 heterocycles. The SMILES string of the molecule is CCC[C@H](CO)n1cc(C)c2nc(-c3ccc(C(C)C)nc3CC)c(C)nc21. The quantitative estimate of drug-likeness (QED) is 0.617. The van der Waals surface area contributed by atoms with Crippen LogP contribution in [0.4, 0.5) is 0 Å². The highest BCUT2D eigenvalue weighted by Gasteiger charge is 2.19. The molecule has 0 aliphatic heterocycles. The molecule has 5 heteroatoms. The highest BCUT2D eigenvalue weighted by molar-refractivity contribution is 5.80. The molecule has 0 saturated heterocycles. The van der Waals surface area contributed by atoms with Crippen LogP contribution in [-0.4, -0.2) is 31.2 Å². The zero-order chi connectivity index (χ0) is 20.4. The van der Waals surface area contributed by atoms with Gasteiger partial charge in [-0.1, -0.05) is 34.1 Å². The normalized spacial score (nSPS) is 12.9. The maximum atomic E-state index is 9.84. The molecule has 0 fully saturated rings. The molecule has 0 unspecified atom stereocenters. The van der Waals surface area contributed by atoms with Crippen molar-refractivity contribution < 1.29 is 5.11 Å². The van der Waals surface area contributed by atoms with Crippen LogP contribution in [-0.2, 0) is 6.42 Å². The molecule has 150 valence electrons. The van der Waals surface area contributed by atoms with Crippen LogP contribution in [0, 0.1) is 13.8 Å². The number of aliphatic hydroxyl groups excluding tert-OH is 1. The number of rotatable bonds is 7. The number of fused-ring (bicyclic) bond motifs is 1. The summed E-state index contributed by atoms with van der Waals surface area (Å²) in [6.07, 6.45) is 4.87. The maximum absolute atomic E-state index is 9.84. The van der Waals surface area contributed by atoms with E-state index in [4.69, 9.17) is 15.0 Å². The summed E-state index contributed by atoms with van der Waals surface area (Å²) in [6.45, 7) is 12.8. The van der Waals surface area contributed by atoms with E-state index in [2.05, 4.69) is 57.5 Å². The first-order chi connectivity index (χ1) is 13.4. The summed E-state index contributed by atoms with van der Waals surface area (Å²) in [7, 11) is 0. The predicted octanol–water partition coefficient (Wildman–Crippen LogP) is 5.13. The van der Waals surface area contributed by atoms with Crippen molar-refractivity contribution in [3.63, 3.8) is 0 Å². The van der Waals surface area contributed by atoms with E-state index in [1.165, 1.54) is 0 Å². The Balaban J connectivity index is 2.17. The van der Waals surface area contributed by atoms with E-state index in [0.29, 0.717) is 5.92 Å². The number of aliphatic hydroxyl groups is 1. The first kappa shape index (κ1) is 20.5. The van der Waals surface area contributed by atoms with Crippen molar-refractivity contribution in [1.29, 1.82) is 0 Å². The van der Waals surface area contributed by atoms with Crippen molar-refractivity contribution in [3.8, 4) is 11.3 Å². The fraction of sp³-hybridized carbons (Fsp3) is 0.522. The van der Waals surface area contributed by atoms with Crippen molar-refractivity contribution in [3.05, 3.63) is 41.0 Å². The van der Waals surface area contributed by atoms with Gasteiger partial charge in [-0.3, -0.25) is 4.98 Å². The van der Waals surface area contributed by atoms with E-state index in [9.17, 15) is 5.11 Å². The number of aryl methyl sites for hydroxylation is 3. The number of hydrogen-bond acceptors (Lipinski definition) is 4. The minimum atomic E-state index is 0.0407. The van der Waals surface area contributed by atoms with Crippen LogP contribution < -0.4 is 0 Å². The average molecular weight is 381 g/mol. The third-order valence-electron chi connectivity index (χ3n) is 5.41. The lowest BCUT2D eigenvalue weighted by molar-refractivity contribution is 0.222. The molecular formula is C23H32N4O. The highest BCUT2D eigenvalue weighted by Crippen LogP contribution is 2.30. The molecule has 5 nitrogen and oxygen atoms in total. The third-order valence-corrected chi connectivity index (χ3v) is 5.41. The topological polar surface area (TPSA) is 63.8 Å². The lowest BCUT2D eigenvalue weighted by Gasteiger charge is -2.17. The minimum absolute atomic E-state index is 0.0407. The molecule has 0 spiro atoms. The first-order valence-electron chi connectivity index (χ1n) is 10.4. The number of pyridine rings is 1. The van der Waals surface area contributed by atoms with Gasteiger partial charge in [0.25, 0.3) is 0 Å². The number of aromatic nitrogens is 4. The van der Waals surface area contributed by atoms with Gasteiger partial charge < -0.3 is 9.67 Å². The fourth-order valence-electron chi connectivity index (χ4n) is 3.79. The summed E-state index contributed by atoms with van der Waals surface area (Å²) in [5.74, 6) is 0.402. The molecule has 0 amide bonds. The molecule has 3 rings (SSSR count). The van der Waals surface area contributed by atoms with Gasteiger partial charge in [0.05, 0.1) is 24.0 Å². The standard InChI is InChI=1S/C23H32N4O/c1-7-9-17(13-28)27-12-15(5)21-23(27)24-16(6)22(26-21)18-10-11-20(14(3)4)25-19(18)8-2/h10-12,14,17,28H,7-9,13H2,1-6H3/t17-/m1/s1. The van der Waals surface area contributed by atoms with E-state index in [1.807, 2.05) is 6.92 Å². The van der Waals surface area contributed by atoms with Gasteiger partial charge >= 0.3 is 0 Å². The van der Waals surface area contributed by atoms with Crippen molar-refractivity contribution in [1.82, 2.24) is 19.5 Å². The molecule has 0 aromatic carbocycles. The van der Waals surface area contributed by atoms with Crippen LogP contribution in [0.1, 0.15) is 75.1 Å². The summed E-state index contributed by atoms with van der Waals surface area (Å²) >= 11 is 0. The summed E-state index contributed by atoms with van der Waals surface area (Å²) in [5, 5.41) is 9.84. The largest absolute Gasteiger partial charge is 0.394 e. The van der Waals surface area contributed by atoms with Crippen LogP contribution >= 0.6 is 0 Å². The average Bonchev–Trinajstić information content (AvgIpc) is 3.00. The van der Waals surface area contributed by atoms with Crippen molar-refractivity contribution >= 4 is 11.2 Å². The van der Waals surface area contributed by atoms with E-state index in [0.717, 1.165) is 64.3 Å². The molecule has 0 aliphatic rings. The Kier molecular flexibility index (Phi) is 6.14. The van der Waals surface area contributed by atoms with Crippen LogP contribution in [0.15, 0.2) is 18.3 Å². The van der Waals surface area contributed by atoms with Gasteiger partial charge in [-0.25, -0.2) is 9.97 Å². The lowest BCUT2D eigenvalue weighted by atomic mass is 10.0. The lowest BCUT2D eigenvalue weighted by Crippen LogP contribution is -2.13. The van der Waals surface area contributed by atoms with Crippen LogP contribution in [0.5, 0.6) is 0 Å². The molecule has 3 aromatic heterocycles. The Morgan fingerprint density at radius 1 is 1.07 bits per heavy atom. The van der Waals surface area contributed by atoms with E-state index >= 15 is 0 Å². The number of hydrogen-bond donors (Lipinski definition) is 1. The summed E-state index contributed by atoms with van der Waals surface area (Å²) in [6, 6.07) is 4.29. The highest BCUT2D eigenvalue weighted by atomic mass is 16.3. The first-order valence-corrected chi connectivity index (χ1v) is 10.4. The smallest absolute Gasteiger partial charge is 0.159 e. The van der Waals surface area contributed by atoms with Gasteiger partial charge in [-0.05, 0) is 50.3 Å². The zero-order valence-electron chi connectivity index (χ0n) is 18.0. The molecular weight excluding hydrogens is 348 g/mol. The van der Waals surface area contributed by atoms with Gasteiger partial charge in [0.1, 0.15) is 5.52 Å². The molecule has 0 bridgehead atoms. The Labute approximate surface area is 167 Å². The maximum Gasteiger partial charge on any atom is 0.159 e. The van der Waals surface area contributed by atoms with Crippen LogP contribution in [0.3, 0.4) is 0 Å². The van der Waals surface area contributed by atoms with E-state index < -0.39 is 0 Å². The van der Waals surface area contributed by atoms with Gasteiger partial charge in [0.2, 0.25) is 0 Å². The Hall–Kier alpha value is -2.27. The minimum Gasteiger partial charge on any atom is -0.394 e. The Bertz CT molecular complexity index is 974. The van der Waals surface area contributed by atoms with E-state index in [-0.39, 0.29) is 12.6 Å². The Morgan fingerprint density at radius 3 is 2.43 bits per heavy atom. The molecule has 0 saturated carbocycles. The van der Waals surface area contributed by atoms with Crippen molar-refractivity contribution in [2.75, 3.05) is 6.61 Å². The second kappa shape index (κ2) is 8.39. The monoisotopic (exact) mass is 380 g/mol. The molecule has 3 aromatic rings. The predicted molar refractivity (Wildman–Crippen MR) is 115 cm³/mol. The second-order valence-corrected chi connectivity index (χ2v) is 7.91. The second-order valence-electron chi connectivity index (χ2n) is 7.91. The summed E-state index contributed by atoms with van der Waals surface area (Å²) < 4.78 is 2.10. The van der Waals surface area contributed by atoms with Crippen molar-refractivity contribution in [2.45, 2.75) is 72.8 Å². The molecule has 1 N–H and O–H groups in total. The molecule has 0 aliphatic carbocycles. The van der Waals surface area contributed by atoms with Gasteiger partial charge in [0.15, 0.2) is 5.65 Å². The summed E-state index contributed by atoms with van der Waals surface area (Å²) in [4.78, 5) is 14.8. The molecule has 1 atom stereocenters. The Morgan fingerprint density at radius 2 is 1.82 bits per heavy atom. The fourth-order valence-corrected chi connectivity index (χ4v) is 3.79. The number of nitrogens with zero attached hydrogens (tertiary/aromatic N) is 4. The molecule has 0 radical (unpaired) electrons. The zero-order valence-corrected chi connectivity index (χ0v) is 18.0. The van der Waals surface area contributed by atoms with Crippen LogP contribution in [0.25, 0.3) is 22.4 Å². The van der Waals surface area contributed by atoms with Gasteiger partial charge in [-0.15, -0.1) is 0 Å².